The second-order valence-corrected chi connectivity index (χ2v) is 6.46. The van der Waals surface area contributed by atoms with Crippen LogP contribution in [0.4, 0.5) is 5.69 Å². The van der Waals surface area contributed by atoms with Gasteiger partial charge in [-0.3, -0.25) is 15.1 Å². The van der Waals surface area contributed by atoms with Gasteiger partial charge < -0.3 is 10.6 Å². The van der Waals surface area contributed by atoms with Gasteiger partial charge in [0, 0.05) is 37.7 Å². The molecule has 0 aromatic heterocycles. The van der Waals surface area contributed by atoms with Crippen LogP contribution in [0, 0.1) is 10.1 Å². The molecule has 0 bridgehead atoms. The van der Waals surface area contributed by atoms with E-state index in [1.54, 1.807) is 19.2 Å². The molecule has 0 radical (unpaired) electrons. The van der Waals surface area contributed by atoms with Crippen molar-refractivity contribution in [1.29, 1.82) is 0 Å². The number of aliphatic imine (C=N–C) groups is 1. The fourth-order valence-electron chi connectivity index (χ4n) is 2.48. The van der Waals surface area contributed by atoms with E-state index in [9.17, 15) is 10.1 Å². The summed E-state index contributed by atoms with van der Waals surface area (Å²) in [5, 5.41) is 17.4. The fourth-order valence-corrected chi connectivity index (χ4v) is 2.48. The second-order valence-electron chi connectivity index (χ2n) is 6.46. The van der Waals surface area contributed by atoms with E-state index in [-0.39, 0.29) is 16.0 Å². The van der Waals surface area contributed by atoms with E-state index in [4.69, 9.17) is 0 Å². The molecule has 0 unspecified atom stereocenters. The Morgan fingerprint density at radius 1 is 1.12 bits per heavy atom. The SMILES string of the molecule is CN=C(NCc1cccc([N+](=O)[O-])c1)NCC(C)(C)c1ccccc1. The highest BCUT2D eigenvalue weighted by molar-refractivity contribution is 5.79. The second kappa shape index (κ2) is 8.28. The Morgan fingerprint density at radius 2 is 1.84 bits per heavy atom. The van der Waals surface area contributed by atoms with Crippen molar-refractivity contribution < 1.29 is 4.92 Å². The number of hydrogen-bond donors (Lipinski definition) is 2. The molecule has 0 heterocycles. The van der Waals surface area contributed by atoms with E-state index >= 15 is 0 Å². The zero-order valence-corrected chi connectivity index (χ0v) is 14.8. The Kier molecular flexibility index (Phi) is 6.11. The summed E-state index contributed by atoms with van der Waals surface area (Å²) in [6.07, 6.45) is 0. The highest BCUT2D eigenvalue weighted by atomic mass is 16.6. The molecule has 132 valence electrons. The molecule has 0 aliphatic carbocycles. The third-order valence-electron chi connectivity index (χ3n) is 4.06. The number of nitro benzene ring substituents is 1. The number of benzene rings is 2. The van der Waals surface area contributed by atoms with Crippen molar-refractivity contribution in [2.45, 2.75) is 25.8 Å². The number of rotatable bonds is 6. The van der Waals surface area contributed by atoms with E-state index in [0.29, 0.717) is 19.0 Å². The molecule has 6 nitrogen and oxygen atoms in total. The summed E-state index contributed by atoms with van der Waals surface area (Å²) in [6, 6.07) is 16.9. The standard InChI is InChI=1S/C19H24N4O2/c1-19(2,16-9-5-4-6-10-16)14-22-18(20-3)21-13-15-8-7-11-17(12-15)23(24)25/h4-12H,13-14H2,1-3H3,(H2,20,21,22). The molecule has 6 heteroatoms. The van der Waals surface area contributed by atoms with E-state index in [1.165, 1.54) is 11.6 Å². The summed E-state index contributed by atoms with van der Waals surface area (Å²) in [4.78, 5) is 14.7. The average Bonchev–Trinajstić information content (AvgIpc) is 2.63. The van der Waals surface area contributed by atoms with Gasteiger partial charge >= 0.3 is 0 Å². The van der Waals surface area contributed by atoms with Gasteiger partial charge in [-0.05, 0) is 11.1 Å². The van der Waals surface area contributed by atoms with Gasteiger partial charge in [0.05, 0.1) is 4.92 Å². The van der Waals surface area contributed by atoms with Crippen molar-refractivity contribution in [3.63, 3.8) is 0 Å². The molecule has 0 fully saturated rings. The zero-order chi connectivity index (χ0) is 18.3. The lowest BCUT2D eigenvalue weighted by Gasteiger charge is -2.26. The molecule has 2 rings (SSSR count). The quantitative estimate of drug-likeness (QED) is 0.366. The minimum Gasteiger partial charge on any atom is -0.356 e. The Bertz CT molecular complexity index is 742. The Morgan fingerprint density at radius 3 is 2.48 bits per heavy atom. The minimum absolute atomic E-state index is 0.0512. The first kappa shape index (κ1) is 18.4. The van der Waals surface area contributed by atoms with Crippen molar-refractivity contribution in [2.75, 3.05) is 13.6 Å². The monoisotopic (exact) mass is 340 g/mol. The van der Waals surface area contributed by atoms with Gasteiger partial charge in [0.25, 0.3) is 5.69 Å². The number of guanidine groups is 1. The van der Waals surface area contributed by atoms with Crippen LogP contribution in [-0.2, 0) is 12.0 Å². The van der Waals surface area contributed by atoms with Gasteiger partial charge in [0.15, 0.2) is 5.96 Å². The molecule has 0 spiro atoms. The molecule has 0 amide bonds. The number of non-ortho nitro benzene ring substituents is 1. The first-order valence-electron chi connectivity index (χ1n) is 8.16. The molecular weight excluding hydrogens is 316 g/mol. The van der Waals surface area contributed by atoms with Gasteiger partial charge in [0.1, 0.15) is 0 Å². The van der Waals surface area contributed by atoms with Crippen LogP contribution in [0.5, 0.6) is 0 Å². The summed E-state index contributed by atoms with van der Waals surface area (Å²) < 4.78 is 0. The zero-order valence-electron chi connectivity index (χ0n) is 14.8. The van der Waals surface area contributed by atoms with Gasteiger partial charge in [-0.25, -0.2) is 0 Å². The van der Waals surface area contributed by atoms with Crippen LogP contribution in [-0.4, -0.2) is 24.5 Å². The third-order valence-corrected chi connectivity index (χ3v) is 4.06. The van der Waals surface area contributed by atoms with Gasteiger partial charge in [-0.2, -0.15) is 0 Å². The van der Waals surface area contributed by atoms with Crippen molar-refractivity contribution in [3.05, 3.63) is 75.8 Å². The smallest absolute Gasteiger partial charge is 0.269 e. The Balaban J connectivity index is 1.93. The predicted molar refractivity (Wildman–Crippen MR) is 101 cm³/mol. The molecular formula is C19H24N4O2. The summed E-state index contributed by atoms with van der Waals surface area (Å²) in [6.45, 7) is 5.52. The minimum atomic E-state index is -0.390. The van der Waals surface area contributed by atoms with Crippen molar-refractivity contribution in [1.82, 2.24) is 10.6 Å². The van der Waals surface area contributed by atoms with E-state index in [2.05, 4.69) is 41.6 Å². The first-order chi connectivity index (χ1) is 11.9. The topological polar surface area (TPSA) is 79.6 Å². The molecule has 0 aliphatic heterocycles. The average molecular weight is 340 g/mol. The number of hydrogen-bond acceptors (Lipinski definition) is 3. The van der Waals surface area contributed by atoms with E-state index in [1.807, 2.05) is 24.3 Å². The molecule has 0 atom stereocenters. The van der Waals surface area contributed by atoms with Gasteiger partial charge in [-0.1, -0.05) is 56.3 Å². The normalized spacial score (nSPS) is 11.9. The molecule has 2 aromatic carbocycles. The van der Waals surface area contributed by atoms with Crippen molar-refractivity contribution in [3.8, 4) is 0 Å². The van der Waals surface area contributed by atoms with Crippen LogP contribution in [0.1, 0.15) is 25.0 Å². The fraction of sp³-hybridized carbons (Fsp3) is 0.316. The molecule has 2 N–H and O–H groups in total. The number of nitro groups is 1. The highest BCUT2D eigenvalue weighted by Crippen LogP contribution is 2.21. The van der Waals surface area contributed by atoms with Crippen LogP contribution in [0.15, 0.2) is 59.6 Å². The number of nitrogens with one attached hydrogen (secondary N) is 2. The van der Waals surface area contributed by atoms with Crippen LogP contribution >= 0.6 is 0 Å². The molecule has 0 saturated heterocycles. The van der Waals surface area contributed by atoms with E-state index < -0.39 is 0 Å². The lowest BCUT2D eigenvalue weighted by atomic mass is 9.85. The lowest BCUT2D eigenvalue weighted by Crippen LogP contribution is -2.43. The summed E-state index contributed by atoms with van der Waals surface area (Å²) in [5.41, 5.74) is 2.12. The van der Waals surface area contributed by atoms with Crippen LogP contribution < -0.4 is 10.6 Å². The Hall–Kier alpha value is -2.89. The molecule has 0 saturated carbocycles. The van der Waals surface area contributed by atoms with Gasteiger partial charge in [0.2, 0.25) is 0 Å². The van der Waals surface area contributed by atoms with Crippen LogP contribution in [0.25, 0.3) is 0 Å². The summed E-state index contributed by atoms with van der Waals surface area (Å²) in [5.74, 6) is 0.663. The lowest BCUT2D eigenvalue weighted by molar-refractivity contribution is -0.384. The van der Waals surface area contributed by atoms with Crippen LogP contribution in [0.2, 0.25) is 0 Å². The number of nitrogens with zero attached hydrogens (tertiary/aromatic N) is 2. The summed E-state index contributed by atoms with van der Waals surface area (Å²) >= 11 is 0. The molecule has 25 heavy (non-hydrogen) atoms. The van der Waals surface area contributed by atoms with Crippen molar-refractivity contribution >= 4 is 11.6 Å². The highest BCUT2D eigenvalue weighted by Gasteiger charge is 2.20. The maximum Gasteiger partial charge on any atom is 0.269 e. The first-order valence-corrected chi connectivity index (χ1v) is 8.16. The van der Waals surface area contributed by atoms with Gasteiger partial charge in [-0.15, -0.1) is 0 Å². The molecule has 2 aromatic rings. The van der Waals surface area contributed by atoms with Crippen molar-refractivity contribution in [2.24, 2.45) is 4.99 Å². The van der Waals surface area contributed by atoms with E-state index in [0.717, 1.165) is 5.56 Å². The summed E-state index contributed by atoms with van der Waals surface area (Å²) in [7, 11) is 1.71. The maximum absolute atomic E-state index is 10.8. The van der Waals surface area contributed by atoms with Crippen LogP contribution in [0.3, 0.4) is 0 Å². The molecule has 0 aliphatic rings. The Labute approximate surface area is 148 Å². The maximum atomic E-state index is 10.8. The largest absolute Gasteiger partial charge is 0.356 e. The predicted octanol–water partition coefficient (Wildman–Crippen LogP) is 3.24. The third kappa shape index (κ3) is 5.31.